The Morgan fingerprint density at radius 2 is 1.40 bits per heavy atom. The largest absolute Gasteiger partial charge is 0.416 e. The Morgan fingerprint density at radius 1 is 0.900 bits per heavy atom. The van der Waals surface area contributed by atoms with Crippen molar-refractivity contribution in [2.45, 2.75) is 12.4 Å². The maximum absolute atomic E-state index is 12.6. The molecule has 0 aliphatic carbocycles. The number of alkyl halides is 6. The molecule has 0 saturated heterocycles. The second-order valence-electron chi connectivity index (χ2n) is 3.75. The van der Waals surface area contributed by atoms with E-state index in [9.17, 15) is 26.3 Å². The van der Waals surface area contributed by atoms with E-state index in [2.05, 4.69) is 14.7 Å². The normalized spacial score (nSPS) is 12.7. The predicted octanol–water partition coefficient (Wildman–Crippen LogP) is 3.36. The minimum atomic E-state index is -4.94. The molecule has 0 radical (unpaired) electrons. The summed E-state index contributed by atoms with van der Waals surface area (Å²) >= 11 is 0. The smallest absolute Gasteiger partial charge is 0.351 e. The average molecular weight is 297 g/mol. The fourth-order valence-corrected chi connectivity index (χ4v) is 1.44. The number of hydrogen-bond donors (Lipinski definition) is 1. The predicted molar refractivity (Wildman–Crippen MR) is 54.2 cm³/mol. The zero-order valence-corrected chi connectivity index (χ0v) is 9.38. The van der Waals surface area contributed by atoms with Gasteiger partial charge in [0.25, 0.3) is 0 Å². The maximum Gasteiger partial charge on any atom is 0.416 e. The van der Waals surface area contributed by atoms with Gasteiger partial charge in [0.05, 0.1) is 11.1 Å². The van der Waals surface area contributed by atoms with Crippen LogP contribution >= 0.6 is 0 Å². The molecule has 108 valence electrons. The van der Waals surface area contributed by atoms with Crippen molar-refractivity contribution >= 4 is 6.01 Å². The van der Waals surface area contributed by atoms with Gasteiger partial charge in [-0.05, 0) is 18.2 Å². The molecule has 0 amide bonds. The van der Waals surface area contributed by atoms with E-state index in [4.69, 9.17) is 5.73 Å². The van der Waals surface area contributed by atoms with Gasteiger partial charge >= 0.3 is 18.4 Å². The third-order valence-electron chi connectivity index (χ3n) is 2.29. The van der Waals surface area contributed by atoms with Crippen LogP contribution in [0.25, 0.3) is 11.4 Å². The summed E-state index contributed by atoms with van der Waals surface area (Å²) in [5.41, 5.74) is 1.65. The van der Waals surface area contributed by atoms with Gasteiger partial charge in [-0.2, -0.15) is 31.3 Å². The van der Waals surface area contributed by atoms with Gasteiger partial charge in [0.1, 0.15) is 0 Å². The number of nitrogens with two attached hydrogens (primary N) is 1. The summed E-state index contributed by atoms with van der Waals surface area (Å²) in [6.07, 6.45) is -9.88. The van der Waals surface area contributed by atoms with Crippen LogP contribution in [0.15, 0.2) is 22.7 Å². The van der Waals surface area contributed by atoms with Crippen LogP contribution in [0.4, 0.5) is 32.4 Å². The Hall–Kier alpha value is -2.26. The first-order valence-corrected chi connectivity index (χ1v) is 4.96. The highest BCUT2D eigenvalue weighted by Crippen LogP contribution is 2.38. The van der Waals surface area contributed by atoms with E-state index in [0.717, 1.165) is 0 Å². The number of nitrogen functional groups attached to an aromatic ring is 1. The lowest BCUT2D eigenvalue weighted by atomic mass is 10.0. The molecule has 0 bridgehead atoms. The zero-order valence-electron chi connectivity index (χ0n) is 9.38. The van der Waals surface area contributed by atoms with E-state index in [1.165, 1.54) is 0 Å². The Bertz CT molecular complexity index is 598. The molecule has 2 N–H and O–H groups in total. The molecule has 0 saturated carbocycles. The van der Waals surface area contributed by atoms with Crippen LogP contribution in [0.3, 0.4) is 0 Å². The summed E-state index contributed by atoms with van der Waals surface area (Å²) in [5.74, 6) is -0.459. The number of hydrogen-bond acceptors (Lipinski definition) is 4. The number of benzene rings is 1. The van der Waals surface area contributed by atoms with Gasteiger partial charge in [-0.15, -0.1) is 0 Å². The molecule has 1 heterocycles. The van der Waals surface area contributed by atoms with Crippen molar-refractivity contribution in [1.82, 2.24) is 10.1 Å². The summed E-state index contributed by atoms with van der Waals surface area (Å²) in [4.78, 5) is 3.39. The van der Waals surface area contributed by atoms with E-state index >= 15 is 0 Å². The molecule has 10 heteroatoms. The molecule has 0 spiro atoms. The summed E-state index contributed by atoms with van der Waals surface area (Å²) in [6, 6.07) is 0.511. The number of halogens is 6. The van der Waals surface area contributed by atoms with Crippen molar-refractivity contribution in [1.29, 1.82) is 0 Å². The van der Waals surface area contributed by atoms with Crippen LogP contribution in [0.2, 0.25) is 0 Å². The van der Waals surface area contributed by atoms with Crippen molar-refractivity contribution in [3.63, 3.8) is 0 Å². The molecule has 0 fully saturated rings. The van der Waals surface area contributed by atoms with E-state index < -0.39 is 40.9 Å². The first kappa shape index (κ1) is 14.2. The second-order valence-corrected chi connectivity index (χ2v) is 3.75. The van der Waals surface area contributed by atoms with Crippen LogP contribution in [0.5, 0.6) is 0 Å². The molecule has 4 nitrogen and oxygen atoms in total. The van der Waals surface area contributed by atoms with Crippen LogP contribution in [-0.4, -0.2) is 10.1 Å². The Labute approximate surface area is 107 Å². The molecular formula is C10H5F6N3O. The molecule has 0 aliphatic heterocycles. The van der Waals surface area contributed by atoms with Gasteiger partial charge in [-0.25, -0.2) is 0 Å². The topological polar surface area (TPSA) is 64.9 Å². The molecule has 2 aromatic rings. The van der Waals surface area contributed by atoms with Gasteiger partial charge in [0.15, 0.2) is 0 Å². The Balaban J connectivity index is 2.63. The van der Waals surface area contributed by atoms with Crippen molar-refractivity contribution < 1.29 is 30.9 Å². The van der Waals surface area contributed by atoms with Crippen LogP contribution < -0.4 is 5.73 Å². The molecule has 20 heavy (non-hydrogen) atoms. The minimum Gasteiger partial charge on any atom is -0.351 e. The fourth-order valence-electron chi connectivity index (χ4n) is 1.44. The molecule has 2 rings (SSSR count). The molecule has 1 aromatic heterocycles. The Morgan fingerprint density at radius 3 is 1.75 bits per heavy atom. The van der Waals surface area contributed by atoms with Crippen molar-refractivity contribution in [3.05, 3.63) is 29.3 Å². The summed E-state index contributed by atoms with van der Waals surface area (Å²) < 4.78 is 79.9. The van der Waals surface area contributed by atoms with E-state index in [-0.39, 0.29) is 6.07 Å². The fraction of sp³-hybridized carbons (Fsp3) is 0.200. The zero-order chi connectivity index (χ0) is 15.1. The van der Waals surface area contributed by atoms with Gasteiger partial charge in [-0.1, -0.05) is 5.16 Å². The SMILES string of the molecule is Nc1nc(-c2cc(C(F)(F)F)cc(C(F)(F)F)c2)no1. The summed E-state index contributed by atoms with van der Waals surface area (Å²) in [5, 5.41) is 3.19. The van der Waals surface area contributed by atoms with Crippen molar-refractivity contribution in [3.8, 4) is 11.4 Å². The van der Waals surface area contributed by atoms with Gasteiger partial charge < -0.3 is 10.3 Å². The van der Waals surface area contributed by atoms with E-state index in [1.54, 1.807) is 0 Å². The molecule has 0 atom stereocenters. The number of anilines is 1. The quantitative estimate of drug-likeness (QED) is 0.820. The molecule has 0 aliphatic rings. The minimum absolute atomic E-state index is 0.00688. The molecule has 1 aromatic carbocycles. The number of nitrogens with zero attached hydrogens (tertiary/aromatic N) is 2. The van der Waals surface area contributed by atoms with Crippen molar-refractivity contribution in [2.24, 2.45) is 0 Å². The summed E-state index contributed by atoms with van der Waals surface area (Å²) in [6.45, 7) is 0. The highest BCUT2D eigenvalue weighted by molar-refractivity contribution is 5.58. The lowest BCUT2D eigenvalue weighted by Crippen LogP contribution is -2.11. The lowest BCUT2D eigenvalue weighted by molar-refractivity contribution is -0.143. The Kier molecular flexibility index (Phi) is 3.11. The van der Waals surface area contributed by atoms with Gasteiger partial charge in [-0.3, -0.25) is 0 Å². The maximum atomic E-state index is 12.6. The van der Waals surface area contributed by atoms with Crippen LogP contribution in [0, 0.1) is 0 Å². The summed E-state index contributed by atoms with van der Waals surface area (Å²) in [7, 11) is 0. The van der Waals surface area contributed by atoms with Crippen LogP contribution in [-0.2, 0) is 12.4 Å². The lowest BCUT2D eigenvalue weighted by Gasteiger charge is -2.12. The van der Waals surface area contributed by atoms with Gasteiger partial charge in [0, 0.05) is 5.56 Å². The highest BCUT2D eigenvalue weighted by atomic mass is 19.4. The second kappa shape index (κ2) is 4.39. The van der Waals surface area contributed by atoms with E-state index in [1.807, 2.05) is 0 Å². The highest BCUT2D eigenvalue weighted by Gasteiger charge is 2.37. The third kappa shape index (κ3) is 2.83. The van der Waals surface area contributed by atoms with Crippen molar-refractivity contribution in [2.75, 3.05) is 5.73 Å². The standard InChI is InChI=1S/C10H5F6N3O/c11-9(12,13)5-1-4(7-18-8(17)20-19-7)2-6(3-5)10(14,15)16/h1-3H,(H2,17,18,19). The van der Waals surface area contributed by atoms with E-state index in [0.29, 0.717) is 12.1 Å². The first-order valence-electron chi connectivity index (χ1n) is 4.96. The van der Waals surface area contributed by atoms with Gasteiger partial charge in [0.2, 0.25) is 5.82 Å². The monoisotopic (exact) mass is 297 g/mol. The molecular weight excluding hydrogens is 292 g/mol. The third-order valence-corrected chi connectivity index (χ3v) is 2.29. The number of rotatable bonds is 1. The number of aromatic nitrogens is 2. The average Bonchev–Trinajstić information content (AvgIpc) is 2.73. The van der Waals surface area contributed by atoms with Crippen LogP contribution in [0.1, 0.15) is 11.1 Å². The first-order chi connectivity index (χ1) is 9.07. The molecule has 0 unspecified atom stereocenters.